The van der Waals surface area contributed by atoms with Gasteiger partial charge in [0.25, 0.3) is 0 Å². The van der Waals surface area contributed by atoms with Crippen LogP contribution < -0.4 is 0 Å². The molecule has 0 atom stereocenters. The molecular weight excluding hydrogens is 453 g/mol. The van der Waals surface area contributed by atoms with Crippen LogP contribution in [-0.4, -0.2) is 102 Å². The minimum Gasteiger partial charge on any atom is -0.372 e. The molecule has 0 N–H and O–H groups in total. The van der Waals surface area contributed by atoms with Crippen LogP contribution in [0.25, 0.3) is 0 Å². The second-order valence-electron chi connectivity index (χ2n) is 8.68. The number of hydrogen-bond acceptors (Lipinski definition) is 1. The fourth-order valence-electron chi connectivity index (χ4n) is 2.90. The fraction of sp³-hybridized carbons (Fsp3) is 1.00. The summed E-state index contributed by atoms with van der Waals surface area (Å²) in [6.45, 7) is 2.00. The zero-order chi connectivity index (χ0) is 21.3. The van der Waals surface area contributed by atoms with Gasteiger partial charge in [-0.15, -0.1) is 0 Å². The molecule has 6 heteroatoms. The van der Waals surface area contributed by atoms with E-state index < -0.39 is 0 Å². The third-order valence-corrected chi connectivity index (χ3v) is 14.3. The third-order valence-electron chi connectivity index (χ3n) is 5.47. The standard InChI is InChI=1S/C6H13S.C5H11OS.C5H11S.C4H9S.C3H7S/c1-7-5-3-2-4-6-7;1-7-4-2-6-3-5-7;1-6-4-2-3-5-6;1-5-3-2-4-5;1-4-2-3-4/h2-6H2,1H3;2-5H2,1H3;2-5H2,1H3;2-4H2,1H3;2-3H2,1H3/q5*+1. The Morgan fingerprint density at radius 2 is 0.655 bits per heavy atom. The van der Waals surface area contributed by atoms with Gasteiger partial charge in [0.2, 0.25) is 0 Å². The van der Waals surface area contributed by atoms with Crippen LogP contribution in [0.1, 0.15) is 38.5 Å². The molecule has 5 saturated heterocycles. The molecule has 5 rings (SSSR count). The Balaban J connectivity index is 0.000000184. The molecule has 0 bridgehead atoms. The first-order valence-electron chi connectivity index (χ1n) is 11.5. The van der Waals surface area contributed by atoms with Gasteiger partial charge in [-0.1, -0.05) is 0 Å². The van der Waals surface area contributed by atoms with Gasteiger partial charge in [-0.25, -0.2) is 0 Å². The lowest BCUT2D eigenvalue weighted by molar-refractivity contribution is 0.159. The lowest BCUT2D eigenvalue weighted by Crippen LogP contribution is -2.24. The smallest absolute Gasteiger partial charge is 0.152 e. The highest BCUT2D eigenvalue weighted by atomic mass is 32.2. The molecule has 0 aromatic heterocycles. The normalized spacial score (nSPS) is 25.6. The van der Waals surface area contributed by atoms with Crippen LogP contribution in [0.2, 0.25) is 0 Å². The van der Waals surface area contributed by atoms with E-state index in [9.17, 15) is 0 Å². The zero-order valence-corrected chi connectivity index (χ0v) is 24.3. The van der Waals surface area contributed by atoms with Crippen molar-refractivity contribution >= 4 is 54.5 Å². The Bertz CT molecular complexity index is 329. The molecule has 5 fully saturated rings. The summed E-state index contributed by atoms with van der Waals surface area (Å²) in [5, 5.41) is 0. The third kappa shape index (κ3) is 20.1. The summed E-state index contributed by atoms with van der Waals surface area (Å²) in [7, 11) is 4.07. The molecule has 0 radical (unpaired) electrons. The van der Waals surface area contributed by atoms with Crippen molar-refractivity contribution in [1.29, 1.82) is 0 Å². The predicted molar refractivity (Wildman–Crippen MR) is 154 cm³/mol. The molecule has 0 amide bonds. The largest absolute Gasteiger partial charge is 0.372 e. The van der Waals surface area contributed by atoms with Crippen LogP contribution in [0.4, 0.5) is 0 Å². The van der Waals surface area contributed by atoms with Crippen LogP contribution >= 0.6 is 0 Å². The predicted octanol–water partition coefficient (Wildman–Crippen LogP) is 3.60. The number of ether oxygens (including phenoxy) is 1. The van der Waals surface area contributed by atoms with E-state index in [1.807, 2.05) is 0 Å². The van der Waals surface area contributed by atoms with Gasteiger partial charge < -0.3 is 4.74 Å². The summed E-state index contributed by atoms with van der Waals surface area (Å²) >= 11 is 0. The quantitative estimate of drug-likeness (QED) is 0.362. The summed E-state index contributed by atoms with van der Waals surface area (Å²) in [6.07, 6.45) is 20.7. The van der Waals surface area contributed by atoms with Crippen molar-refractivity contribution in [2.45, 2.75) is 38.5 Å². The van der Waals surface area contributed by atoms with E-state index in [4.69, 9.17) is 4.74 Å². The minimum absolute atomic E-state index is 0.685. The van der Waals surface area contributed by atoms with Crippen LogP contribution in [0.15, 0.2) is 0 Å². The summed E-state index contributed by atoms with van der Waals surface area (Å²) < 4.78 is 5.15. The maximum Gasteiger partial charge on any atom is 0.152 e. The highest BCUT2D eigenvalue weighted by molar-refractivity contribution is 8.02. The Morgan fingerprint density at radius 3 is 0.828 bits per heavy atom. The second-order valence-corrected chi connectivity index (χ2v) is 20.6. The molecule has 0 aromatic rings. The maximum absolute atomic E-state index is 5.15. The average molecular weight is 504 g/mol. The van der Waals surface area contributed by atoms with E-state index in [-0.39, 0.29) is 0 Å². The van der Waals surface area contributed by atoms with Crippen LogP contribution in [-0.2, 0) is 59.2 Å². The topological polar surface area (TPSA) is 9.23 Å². The highest BCUT2D eigenvalue weighted by Crippen LogP contribution is 2.10. The van der Waals surface area contributed by atoms with Crippen molar-refractivity contribution in [2.24, 2.45) is 0 Å². The summed E-state index contributed by atoms with van der Waals surface area (Å²) in [4.78, 5) is 0. The monoisotopic (exact) mass is 503 g/mol. The Morgan fingerprint density at radius 1 is 0.345 bits per heavy atom. The van der Waals surface area contributed by atoms with Crippen molar-refractivity contribution in [1.82, 2.24) is 0 Å². The first-order chi connectivity index (χ1) is 14.0. The lowest BCUT2D eigenvalue weighted by atomic mass is 10.3. The maximum atomic E-state index is 5.15. The Labute approximate surface area is 198 Å². The van der Waals surface area contributed by atoms with Gasteiger partial charge in [0, 0.05) is 6.42 Å². The van der Waals surface area contributed by atoms with Crippen molar-refractivity contribution in [3.05, 3.63) is 0 Å². The van der Waals surface area contributed by atoms with Gasteiger partial charge in [-0.2, -0.15) is 0 Å². The second kappa shape index (κ2) is 19.2. The fourth-order valence-corrected chi connectivity index (χ4v) is 8.64. The van der Waals surface area contributed by atoms with Crippen LogP contribution in [0, 0.1) is 0 Å². The minimum atomic E-state index is 0.685. The van der Waals surface area contributed by atoms with Crippen LogP contribution in [0.5, 0.6) is 0 Å². The SMILES string of the molecule is C[S+]1CC1.C[S+]1CCC1.C[S+]1CCCC1.C[S+]1CCCCC1.C[S+]1CCOCC1. The molecule has 29 heavy (non-hydrogen) atoms. The van der Waals surface area contributed by atoms with E-state index in [0.717, 1.165) is 56.8 Å². The van der Waals surface area contributed by atoms with Crippen molar-refractivity contribution < 1.29 is 4.74 Å². The molecule has 0 unspecified atom stereocenters. The Hall–Kier alpha value is 1.71. The number of rotatable bonds is 0. The molecular formula is C23H51OS5+5. The molecule has 1 nitrogen and oxygen atoms in total. The van der Waals surface area contributed by atoms with E-state index in [0.29, 0.717) is 10.9 Å². The molecule has 5 heterocycles. The molecule has 0 aliphatic carbocycles. The van der Waals surface area contributed by atoms with Gasteiger partial charge in [0.05, 0.1) is 44.5 Å². The number of hydrogen-bond donors (Lipinski definition) is 0. The molecule has 0 aromatic carbocycles. The van der Waals surface area contributed by atoms with Crippen molar-refractivity contribution in [3.8, 4) is 0 Å². The summed E-state index contributed by atoms with van der Waals surface area (Å²) in [5.41, 5.74) is 0. The van der Waals surface area contributed by atoms with E-state index in [1.54, 1.807) is 0 Å². The first-order valence-corrected chi connectivity index (χ1v) is 21.4. The lowest BCUT2D eigenvalue weighted by Gasteiger charge is -2.09. The molecule has 5 aliphatic heterocycles. The van der Waals surface area contributed by atoms with Crippen molar-refractivity contribution in [3.63, 3.8) is 0 Å². The van der Waals surface area contributed by atoms with Gasteiger partial charge >= 0.3 is 0 Å². The molecule has 5 aliphatic rings. The van der Waals surface area contributed by atoms with Gasteiger partial charge in [0.1, 0.15) is 46.0 Å². The van der Waals surface area contributed by atoms with E-state index in [1.165, 1.54) is 96.1 Å². The van der Waals surface area contributed by atoms with E-state index >= 15 is 0 Å². The van der Waals surface area contributed by atoms with E-state index in [2.05, 4.69) is 31.3 Å². The Kier molecular flexibility index (Phi) is 19.0. The highest BCUT2D eigenvalue weighted by Gasteiger charge is 2.26. The van der Waals surface area contributed by atoms with Crippen LogP contribution in [0.3, 0.4) is 0 Å². The first kappa shape index (κ1) is 28.7. The molecule has 0 saturated carbocycles. The molecule has 0 spiro atoms. The molecule has 174 valence electrons. The van der Waals surface area contributed by atoms with Gasteiger partial charge in [-0.05, 0) is 86.6 Å². The summed E-state index contributed by atoms with van der Waals surface area (Å²) in [6, 6.07) is 0. The zero-order valence-electron chi connectivity index (χ0n) is 20.2. The summed E-state index contributed by atoms with van der Waals surface area (Å²) in [5.74, 6) is 14.7. The average Bonchev–Trinajstić information content (AvgIpc) is 3.33. The van der Waals surface area contributed by atoms with Gasteiger partial charge in [0.15, 0.2) is 11.5 Å². The van der Waals surface area contributed by atoms with Gasteiger partial charge in [-0.3, -0.25) is 0 Å². The van der Waals surface area contributed by atoms with Crippen molar-refractivity contribution in [2.75, 3.05) is 102 Å².